The first kappa shape index (κ1) is 27.7. The van der Waals surface area contributed by atoms with Crippen LogP contribution < -0.4 is 10.6 Å². The summed E-state index contributed by atoms with van der Waals surface area (Å²) >= 11 is 0. The highest BCUT2D eigenvalue weighted by molar-refractivity contribution is 5.67. The number of hydrogen-bond acceptors (Lipinski definition) is 6. The Kier molecular flexibility index (Phi) is 11.5. The van der Waals surface area contributed by atoms with Crippen molar-refractivity contribution in [3.8, 4) is 0 Å². The molecular formula is C24H41N3O5. The largest absolute Gasteiger partial charge is 0.444 e. The average Bonchev–Trinajstić information content (AvgIpc) is 2.63. The van der Waals surface area contributed by atoms with Crippen molar-refractivity contribution < 1.29 is 24.2 Å². The van der Waals surface area contributed by atoms with E-state index < -0.39 is 29.5 Å². The molecule has 0 fully saturated rings. The minimum absolute atomic E-state index is 0.329. The lowest BCUT2D eigenvalue weighted by atomic mass is 10.1. The van der Waals surface area contributed by atoms with Crippen LogP contribution in [0.15, 0.2) is 30.3 Å². The van der Waals surface area contributed by atoms with E-state index >= 15 is 0 Å². The molecule has 3 N–H and O–H groups in total. The van der Waals surface area contributed by atoms with Crippen LogP contribution >= 0.6 is 0 Å². The van der Waals surface area contributed by atoms with E-state index in [4.69, 9.17) is 9.47 Å². The van der Waals surface area contributed by atoms with Gasteiger partial charge in [-0.3, -0.25) is 4.90 Å². The zero-order valence-electron chi connectivity index (χ0n) is 20.4. The molecule has 8 nitrogen and oxygen atoms in total. The van der Waals surface area contributed by atoms with Crippen molar-refractivity contribution in [1.82, 2.24) is 15.5 Å². The molecule has 0 aliphatic rings. The number of aliphatic hydroxyl groups is 1. The predicted octanol–water partition coefficient (Wildman–Crippen LogP) is 3.68. The molecule has 1 aromatic rings. The summed E-state index contributed by atoms with van der Waals surface area (Å²) in [4.78, 5) is 25.7. The van der Waals surface area contributed by atoms with E-state index in [1.165, 1.54) is 0 Å². The number of nitrogens with zero attached hydrogens (tertiary/aromatic N) is 1. The third-order valence-corrected chi connectivity index (χ3v) is 4.18. The van der Waals surface area contributed by atoms with Gasteiger partial charge in [0.25, 0.3) is 0 Å². The predicted molar refractivity (Wildman–Crippen MR) is 125 cm³/mol. The summed E-state index contributed by atoms with van der Waals surface area (Å²) in [5.41, 5.74) is 0.0651. The fourth-order valence-corrected chi connectivity index (χ4v) is 2.93. The van der Waals surface area contributed by atoms with E-state index in [1.807, 2.05) is 51.1 Å². The normalized spacial score (nSPS) is 12.9. The van der Waals surface area contributed by atoms with Crippen molar-refractivity contribution in [3.05, 3.63) is 35.9 Å². The third-order valence-electron chi connectivity index (χ3n) is 4.18. The van der Waals surface area contributed by atoms with E-state index in [-0.39, 0.29) is 0 Å². The molecule has 2 amide bonds. The minimum atomic E-state index is -0.604. The first-order valence-electron chi connectivity index (χ1n) is 11.2. The Balaban J connectivity index is 2.48. The maximum absolute atomic E-state index is 11.8. The van der Waals surface area contributed by atoms with Gasteiger partial charge in [-0.1, -0.05) is 30.3 Å². The van der Waals surface area contributed by atoms with Gasteiger partial charge >= 0.3 is 12.2 Å². The molecule has 0 unspecified atom stereocenters. The van der Waals surface area contributed by atoms with E-state index in [2.05, 4.69) is 15.5 Å². The van der Waals surface area contributed by atoms with E-state index in [0.717, 1.165) is 12.0 Å². The van der Waals surface area contributed by atoms with Crippen molar-refractivity contribution in [2.24, 2.45) is 0 Å². The van der Waals surface area contributed by atoms with Gasteiger partial charge in [-0.25, -0.2) is 9.59 Å². The SMILES string of the molecule is CC(C)(C)OC(=O)NCCCN(Cc1ccccc1)C[C@@H](O)CCNC(=O)OC(C)(C)C. The molecule has 0 spiro atoms. The Hall–Kier alpha value is -2.32. The number of carbonyl (C=O) groups excluding carboxylic acids is 2. The van der Waals surface area contributed by atoms with Gasteiger partial charge in [-0.2, -0.15) is 0 Å². The molecule has 0 aromatic heterocycles. The van der Waals surface area contributed by atoms with Crippen LogP contribution in [0.5, 0.6) is 0 Å². The van der Waals surface area contributed by atoms with Crippen molar-refractivity contribution in [2.45, 2.75) is 78.2 Å². The second-order valence-electron chi connectivity index (χ2n) is 9.87. The number of hydrogen-bond donors (Lipinski definition) is 3. The number of carbonyl (C=O) groups is 2. The summed E-state index contributed by atoms with van der Waals surface area (Å²) in [7, 11) is 0. The molecule has 0 saturated carbocycles. The second-order valence-corrected chi connectivity index (χ2v) is 9.87. The van der Waals surface area contributed by atoms with Gasteiger partial charge in [0.05, 0.1) is 6.10 Å². The molecule has 0 aliphatic carbocycles. The summed E-state index contributed by atoms with van der Waals surface area (Å²) in [6, 6.07) is 10.0. The third kappa shape index (κ3) is 14.6. The number of aliphatic hydroxyl groups excluding tert-OH is 1. The summed E-state index contributed by atoms with van der Waals surface area (Å²) in [6.45, 7) is 13.5. The number of benzene rings is 1. The fourth-order valence-electron chi connectivity index (χ4n) is 2.93. The maximum atomic E-state index is 11.8. The lowest BCUT2D eigenvalue weighted by Crippen LogP contribution is -2.38. The van der Waals surface area contributed by atoms with Gasteiger partial charge in [0.2, 0.25) is 0 Å². The van der Waals surface area contributed by atoms with Crippen LogP contribution in [-0.2, 0) is 16.0 Å². The van der Waals surface area contributed by atoms with Gasteiger partial charge in [-0.05, 0) is 59.9 Å². The topological polar surface area (TPSA) is 100 Å². The number of rotatable bonds is 11. The zero-order valence-corrected chi connectivity index (χ0v) is 20.4. The molecule has 0 radical (unpaired) electrons. The van der Waals surface area contributed by atoms with Crippen LogP contribution in [0.4, 0.5) is 9.59 Å². The number of nitrogens with one attached hydrogen (secondary N) is 2. The highest BCUT2D eigenvalue weighted by atomic mass is 16.6. The summed E-state index contributed by atoms with van der Waals surface area (Å²) < 4.78 is 10.5. The van der Waals surface area contributed by atoms with Gasteiger partial charge < -0.3 is 25.2 Å². The number of amides is 2. The molecule has 0 saturated heterocycles. The summed E-state index contributed by atoms with van der Waals surface area (Å²) in [5.74, 6) is 0. The standard InChI is InChI=1S/C24H41N3O5/c1-23(2,3)31-21(29)25-14-10-16-27(17-19-11-8-7-9-12-19)18-20(28)13-15-26-22(30)32-24(4,5)6/h7-9,11-12,20,28H,10,13-18H2,1-6H3,(H,25,29)(H,26,30)/t20-/m0/s1. The van der Waals surface area contributed by atoms with Gasteiger partial charge in [0.15, 0.2) is 0 Å². The first-order valence-corrected chi connectivity index (χ1v) is 11.2. The Labute approximate surface area is 192 Å². The van der Waals surface area contributed by atoms with Crippen molar-refractivity contribution in [3.63, 3.8) is 0 Å². The lowest BCUT2D eigenvalue weighted by Gasteiger charge is -2.26. The number of ether oxygens (including phenoxy) is 2. The highest BCUT2D eigenvalue weighted by Crippen LogP contribution is 2.09. The smallest absolute Gasteiger partial charge is 0.407 e. The van der Waals surface area contributed by atoms with Crippen LogP contribution in [0.2, 0.25) is 0 Å². The molecule has 182 valence electrons. The van der Waals surface area contributed by atoms with Crippen molar-refractivity contribution >= 4 is 12.2 Å². The molecule has 1 atom stereocenters. The van der Waals surface area contributed by atoms with Crippen LogP contribution in [0.1, 0.15) is 59.9 Å². The molecular weight excluding hydrogens is 410 g/mol. The summed E-state index contributed by atoms with van der Waals surface area (Å²) in [6.07, 6.45) is -0.387. The van der Waals surface area contributed by atoms with Gasteiger partial charge in [-0.15, -0.1) is 0 Å². The van der Waals surface area contributed by atoms with Crippen LogP contribution in [0, 0.1) is 0 Å². The molecule has 32 heavy (non-hydrogen) atoms. The quantitative estimate of drug-likeness (QED) is 0.444. The van der Waals surface area contributed by atoms with Crippen LogP contribution in [0.25, 0.3) is 0 Å². The summed E-state index contributed by atoms with van der Waals surface area (Å²) in [5, 5.41) is 15.9. The van der Waals surface area contributed by atoms with E-state index in [1.54, 1.807) is 20.8 Å². The molecule has 0 aliphatic heterocycles. The zero-order chi connectivity index (χ0) is 24.2. The molecule has 0 bridgehead atoms. The van der Waals surface area contributed by atoms with Crippen LogP contribution in [0.3, 0.4) is 0 Å². The van der Waals surface area contributed by atoms with Gasteiger partial charge in [0, 0.05) is 32.7 Å². The number of alkyl carbamates (subject to hydrolysis) is 2. The monoisotopic (exact) mass is 451 g/mol. The molecule has 8 heteroatoms. The molecule has 1 aromatic carbocycles. The Morgan fingerprint density at radius 2 is 1.47 bits per heavy atom. The van der Waals surface area contributed by atoms with Crippen molar-refractivity contribution in [1.29, 1.82) is 0 Å². The average molecular weight is 452 g/mol. The fraction of sp³-hybridized carbons (Fsp3) is 0.667. The second kappa shape index (κ2) is 13.3. The molecule has 1 rings (SSSR count). The highest BCUT2D eigenvalue weighted by Gasteiger charge is 2.18. The Morgan fingerprint density at radius 1 is 0.938 bits per heavy atom. The van der Waals surface area contributed by atoms with Crippen LogP contribution in [-0.4, -0.2) is 65.7 Å². The molecule has 0 heterocycles. The lowest BCUT2D eigenvalue weighted by molar-refractivity contribution is 0.0495. The maximum Gasteiger partial charge on any atom is 0.407 e. The Morgan fingerprint density at radius 3 is 2.00 bits per heavy atom. The minimum Gasteiger partial charge on any atom is -0.444 e. The first-order chi connectivity index (χ1) is 14.8. The Bertz CT molecular complexity index is 683. The van der Waals surface area contributed by atoms with E-state index in [0.29, 0.717) is 39.1 Å². The van der Waals surface area contributed by atoms with Crippen molar-refractivity contribution in [2.75, 3.05) is 26.2 Å². The van der Waals surface area contributed by atoms with Gasteiger partial charge in [0.1, 0.15) is 11.2 Å². The van der Waals surface area contributed by atoms with E-state index in [9.17, 15) is 14.7 Å².